The van der Waals surface area contributed by atoms with Crippen molar-refractivity contribution in [3.8, 4) is 11.3 Å². The van der Waals surface area contributed by atoms with Gasteiger partial charge < -0.3 is 9.47 Å². The molecule has 0 fully saturated rings. The minimum Gasteiger partial charge on any atom is -0.382 e. The van der Waals surface area contributed by atoms with Crippen molar-refractivity contribution in [2.24, 2.45) is 0 Å². The zero-order chi connectivity index (χ0) is 16.9. The number of nitrogens with zero attached hydrogens (tertiary/aromatic N) is 3. The van der Waals surface area contributed by atoms with Crippen molar-refractivity contribution < 1.29 is 14.4 Å². The Morgan fingerprint density at radius 3 is 2.67 bits per heavy atom. The molecule has 0 atom stereocenters. The fourth-order valence-corrected chi connectivity index (χ4v) is 2.48. The average Bonchev–Trinajstić information content (AvgIpc) is 2.97. The molecule has 2 aromatic carbocycles. The van der Waals surface area contributed by atoms with Crippen molar-refractivity contribution in [3.05, 3.63) is 58.6 Å². The third-order valence-electron chi connectivity index (χ3n) is 3.64. The molecule has 0 bridgehead atoms. The minimum atomic E-state index is -0.402. The van der Waals surface area contributed by atoms with Crippen molar-refractivity contribution >= 4 is 16.6 Å². The first-order valence-corrected chi connectivity index (χ1v) is 7.48. The van der Waals surface area contributed by atoms with Crippen LogP contribution < -0.4 is 0 Å². The molecule has 3 aromatic rings. The molecule has 7 heteroatoms. The molecule has 7 nitrogen and oxygen atoms in total. The summed E-state index contributed by atoms with van der Waals surface area (Å²) in [5.74, 6) is 0. The van der Waals surface area contributed by atoms with Crippen LogP contribution in [0.5, 0.6) is 0 Å². The van der Waals surface area contributed by atoms with Crippen LogP contribution in [0.1, 0.15) is 0 Å². The van der Waals surface area contributed by atoms with Gasteiger partial charge >= 0.3 is 0 Å². The van der Waals surface area contributed by atoms with Gasteiger partial charge in [0.1, 0.15) is 12.4 Å². The van der Waals surface area contributed by atoms with Gasteiger partial charge in [0.15, 0.2) is 0 Å². The molecule has 3 rings (SSSR count). The molecule has 1 aromatic heterocycles. The monoisotopic (exact) mass is 327 g/mol. The first-order chi connectivity index (χ1) is 11.7. The summed E-state index contributed by atoms with van der Waals surface area (Å²) in [4.78, 5) is 10.7. The molecule has 0 saturated carbocycles. The third-order valence-corrected chi connectivity index (χ3v) is 3.64. The van der Waals surface area contributed by atoms with E-state index in [-0.39, 0.29) is 12.4 Å². The van der Waals surface area contributed by atoms with Crippen LogP contribution in [-0.2, 0) is 16.2 Å². The SMILES string of the molecule is COCCOCn1nc(-c2ccccc2)c2cc([N+](=O)[O-])ccc21. The molecule has 0 unspecified atom stereocenters. The highest BCUT2D eigenvalue weighted by Gasteiger charge is 2.16. The molecular formula is C17H17N3O4. The molecule has 0 aliphatic heterocycles. The highest BCUT2D eigenvalue weighted by molar-refractivity contribution is 5.94. The van der Waals surface area contributed by atoms with E-state index in [4.69, 9.17) is 9.47 Å². The van der Waals surface area contributed by atoms with Crippen molar-refractivity contribution in [1.29, 1.82) is 0 Å². The summed E-state index contributed by atoms with van der Waals surface area (Å²) in [6, 6.07) is 14.3. The number of benzene rings is 2. The maximum atomic E-state index is 11.1. The van der Waals surface area contributed by atoms with Crippen LogP contribution in [0, 0.1) is 10.1 Å². The number of methoxy groups -OCH3 is 1. The first-order valence-electron chi connectivity index (χ1n) is 7.48. The Labute approximate surface area is 138 Å². The van der Waals surface area contributed by atoms with E-state index in [1.54, 1.807) is 23.9 Å². The molecular weight excluding hydrogens is 310 g/mol. The smallest absolute Gasteiger partial charge is 0.270 e. The fourth-order valence-electron chi connectivity index (χ4n) is 2.48. The predicted molar refractivity (Wildman–Crippen MR) is 89.7 cm³/mol. The second-order valence-electron chi connectivity index (χ2n) is 5.20. The van der Waals surface area contributed by atoms with Crippen LogP contribution in [0.3, 0.4) is 0 Å². The van der Waals surface area contributed by atoms with Gasteiger partial charge in [0.05, 0.1) is 23.7 Å². The summed E-state index contributed by atoms with van der Waals surface area (Å²) < 4.78 is 12.2. The zero-order valence-corrected chi connectivity index (χ0v) is 13.2. The van der Waals surface area contributed by atoms with Gasteiger partial charge in [0.2, 0.25) is 0 Å². The van der Waals surface area contributed by atoms with Crippen LogP contribution >= 0.6 is 0 Å². The van der Waals surface area contributed by atoms with E-state index in [0.717, 1.165) is 16.5 Å². The van der Waals surface area contributed by atoms with Gasteiger partial charge in [-0.2, -0.15) is 5.10 Å². The Bertz CT molecular complexity index is 846. The van der Waals surface area contributed by atoms with E-state index in [9.17, 15) is 10.1 Å². The van der Waals surface area contributed by atoms with E-state index >= 15 is 0 Å². The Hall–Kier alpha value is -2.77. The second kappa shape index (κ2) is 7.20. The lowest BCUT2D eigenvalue weighted by Gasteiger charge is -2.04. The molecule has 0 amide bonds. The first kappa shape index (κ1) is 16.1. The van der Waals surface area contributed by atoms with Crippen molar-refractivity contribution in [1.82, 2.24) is 9.78 Å². The summed E-state index contributed by atoms with van der Waals surface area (Å²) in [6.07, 6.45) is 0. The molecule has 0 aliphatic carbocycles. The minimum absolute atomic E-state index is 0.0412. The summed E-state index contributed by atoms with van der Waals surface area (Å²) in [7, 11) is 1.61. The van der Waals surface area contributed by atoms with E-state index in [1.165, 1.54) is 6.07 Å². The molecule has 0 spiro atoms. The highest BCUT2D eigenvalue weighted by atomic mass is 16.6. The highest BCUT2D eigenvalue weighted by Crippen LogP contribution is 2.30. The van der Waals surface area contributed by atoms with E-state index in [2.05, 4.69) is 5.10 Å². The average molecular weight is 327 g/mol. The lowest BCUT2D eigenvalue weighted by Crippen LogP contribution is -2.08. The van der Waals surface area contributed by atoms with Gasteiger partial charge in [-0.05, 0) is 6.07 Å². The molecule has 0 radical (unpaired) electrons. The van der Waals surface area contributed by atoms with Gasteiger partial charge in [-0.3, -0.25) is 10.1 Å². The van der Waals surface area contributed by atoms with Crippen LogP contribution in [0.2, 0.25) is 0 Å². The fraction of sp³-hybridized carbons (Fsp3) is 0.235. The quantitative estimate of drug-likeness (QED) is 0.378. The molecule has 0 aliphatic rings. The van der Waals surface area contributed by atoms with E-state index in [1.807, 2.05) is 30.3 Å². The van der Waals surface area contributed by atoms with Gasteiger partial charge in [0, 0.05) is 30.2 Å². The van der Waals surface area contributed by atoms with E-state index in [0.29, 0.717) is 18.9 Å². The van der Waals surface area contributed by atoms with Crippen LogP contribution in [-0.4, -0.2) is 35.0 Å². The molecule has 0 N–H and O–H groups in total. The Kier molecular flexibility index (Phi) is 4.83. The largest absolute Gasteiger partial charge is 0.382 e. The number of nitro groups is 1. The Morgan fingerprint density at radius 1 is 1.17 bits per heavy atom. The number of fused-ring (bicyclic) bond motifs is 1. The molecule has 1 heterocycles. The second-order valence-corrected chi connectivity index (χ2v) is 5.20. The Balaban J connectivity index is 2.04. The summed E-state index contributed by atoms with van der Waals surface area (Å²) in [5.41, 5.74) is 2.43. The van der Waals surface area contributed by atoms with Crippen LogP contribution in [0.4, 0.5) is 5.69 Å². The maximum absolute atomic E-state index is 11.1. The lowest BCUT2D eigenvalue weighted by molar-refractivity contribution is -0.384. The third kappa shape index (κ3) is 3.27. The summed E-state index contributed by atoms with van der Waals surface area (Å²) >= 11 is 0. The molecule has 124 valence electrons. The topological polar surface area (TPSA) is 79.4 Å². The van der Waals surface area contributed by atoms with E-state index < -0.39 is 4.92 Å². The van der Waals surface area contributed by atoms with Crippen LogP contribution in [0.25, 0.3) is 22.2 Å². The predicted octanol–water partition coefficient (Wildman–Crippen LogP) is 3.23. The summed E-state index contributed by atoms with van der Waals surface area (Å²) in [6.45, 7) is 1.20. The van der Waals surface area contributed by atoms with Crippen molar-refractivity contribution in [3.63, 3.8) is 0 Å². The number of rotatable bonds is 7. The number of aromatic nitrogens is 2. The van der Waals surface area contributed by atoms with Crippen molar-refractivity contribution in [2.45, 2.75) is 6.73 Å². The number of hydrogen-bond acceptors (Lipinski definition) is 5. The number of nitro benzene ring substituents is 1. The number of non-ortho nitro benzene ring substituents is 1. The van der Waals surface area contributed by atoms with Gasteiger partial charge in [-0.15, -0.1) is 0 Å². The lowest BCUT2D eigenvalue weighted by atomic mass is 10.1. The molecule has 24 heavy (non-hydrogen) atoms. The summed E-state index contributed by atoms with van der Waals surface area (Å²) in [5, 5.41) is 16.4. The maximum Gasteiger partial charge on any atom is 0.270 e. The van der Waals surface area contributed by atoms with Crippen LogP contribution in [0.15, 0.2) is 48.5 Å². The standard InChI is InChI=1S/C17H17N3O4/c1-23-9-10-24-12-19-16-8-7-14(20(21)22)11-15(16)17(18-19)13-5-3-2-4-6-13/h2-8,11H,9-10,12H2,1H3. The zero-order valence-electron chi connectivity index (χ0n) is 13.2. The van der Waals surface area contributed by atoms with Gasteiger partial charge in [0.25, 0.3) is 5.69 Å². The van der Waals surface area contributed by atoms with Gasteiger partial charge in [-0.1, -0.05) is 30.3 Å². The molecule has 0 saturated heterocycles. The van der Waals surface area contributed by atoms with Gasteiger partial charge in [-0.25, -0.2) is 4.68 Å². The Morgan fingerprint density at radius 2 is 1.96 bits per heavy atom. The number of hydrogen-bond donors (Lipinski definition) is 0. The number of ether oxygens (including phenoxy) is 2. The van der Waals surface area contributed by atoms with Crippen molar-refractivity contribution in [2.75, 3.05) is 20.3 Å². The normalized spacial score (nSPS) is 11.0.